The molecule has 0 aromatic heterocycles. The SMILES string of the molecule is C[C@@H]1CN(S(=O)(=O)c2ccc(NC(=O)CCl)cc2)C[C@@H](C)O1. The smallest absolute Gasteiger partial charge is 0.243 e. The predicted octanol–water partition coefficient (Wildman–Crippen LogP) is 1.66. The van der Waals surface area contributed by atoms with E-state index in [0.717, 1.165) is 0 Å². The number of hydrogen-bond acceptors (Lipinski definition) is 4. The summed E-state index contributed by atoms with van der Waals surface area (Å²) in [6, 6.07) is 6.04. The predicted molar refractivity (Wildman–Crippen MR) is 84.6 cm³/mol. The summed E-state index contributed by atoms with van der Waals surface area (Å²) in [4.78, 5) is 11.4. The van der Waals surface area contributed by atoms with Crippen molar-refractivity contribution in [2.75, 3.05) is 24.3 Å². The zero-order chi connectivity index (χ0) is 16.3. The van der Waals surface area contributed by atoms with E-state index >= 15 is 0 Å². The normalized spacial score (nSPS) is 23.2. The van der Waals surface area contributed by atoms with Crippen LogP contribution in [0, 0.1) is 0 Å². The molecule has 1 N–H and O–H groups in total. The molecule has 1 aliphatic rings. The lowest BCUT2D eigenvalue weighted by atomic mass is 10.3. The number of morpholine rings is 1. The Bertz CT molecular complexity index is 623. The molecule has 0 bridgehead atoms. The zero-order valence-electron chi connectivity index (χ0n) is 12.5. The lowest BCUT2D eigenvalue weighted by Crippen LogP contribution is -2.48. The molecule has 2 atom stereocenters. The average molecular weight is 347 g/mol. The summed E-state index contributed by atoms with van der Waals surface area (Å²) in [7, 11) is -3.56. The maximum absolute atomic E-state index is 12.6. The Kier molecular flexibility index (Phi) is 5.44. The molecular formula is C14H19ClN2O4S. The molecule has 1 aromatic rings. The number of nitrogens with one attached hydrogen (secondary N) is 1. The summed E-state index contributed by atoms with van der Waals surface area (Å²) in [6.07, 6.45) is -0.276. The molecule has 1 heterocycles. The molecule has 0 aliphatic carbocycles. The van der Waals surface area contributed by atoms with E-state index in [0.29, 0.717) is 18.8 Å². The van der Waals surface area contributed by atoms with E-state index in [4.69, 9.17) is 16.3 Å². The van der Waals surface area contributed by atoms with Crippen molar-refractivity contribution < 1.29 is 17.9 Å². The molecule has 8 heteroatoms. The van der Waals surface area contributed by atoms with Crippen molar-refractivity contribution in [2.24, 2.45) is 0 Å². The number of anilines is 1. The van der Waals surface area contributed by atoms with E-state index in [1.165, 1.54) is 16.4 Å². The number of carbonyl (C=O) groups is 1. The second-order valence-corrected chi connectivity index (χ2v) is 7.49. The summed E-state index contributed by atoms with van der Waals surface area (Å²) in [5, 5.41) is 2.56. The van der Waals surface area contributed by atoms with Gasteiger partial charge in [-0.2, -0.15) is 4.31 Å². The Hall–Kier alpha value is -1.15. The van der Waals surface area contributed by atoms with Gasteiger partial charge in [-0.1, -0.05) is 0 Å². The highest BCUT2D eigenvalue weighted by atomic mass is 35.5. The lowest BCUT2D eigenvalue weighted by Gasteiger charge is -2.34. The molecule has 122 valence electrons. The molecule has 22 heavy (non-hydrogen) atoms. The van der Waals surface area contributed by atoms with Gasteiger partial charge in [-0.3, -0.25) is 4.79 Å². The Morgan fingerprint density at radius 1 is 1.27 bits per heavy atom. The third-order valence-electron chi connectivity index (χ3n) is 3.28. The van der Waals surface area contributed by atoms with E-state index in [1.54, 1.807) is 12.1 Å². The van der Waals surface area contributed by atoms with Crippen molar-refractivity contribution in [3.63, 3.8) is 0 Å². The number of nitrogens with zero attached hydrogens (tertiary/aromatic N) is 1. The first-order valence-corrected chi connectivity index (χ1v) is 8.92. The van der Waals surface area contributed by atoms with E-state index < -0.39 is 10.0 Å². The van der Waals surface area contributed by atoms with Gasteiger partial charge in [0.15, 0.2) is 0 Å². The first-order chi connectivity index (χ1) is 10.3. The van der Waals surface area contributed by atoms with Crippen LogP contribution in [0.25, 0.3) is 0 Å². The summed E-state index contributed by atoms with van der Waals surface area (Å²) < 4.78 is 32.2. The number of hydrogen-bond donors (Lipinski definition) is 1. The van der Waals surface area contributed by atoms with Gasteiger partial charge in [0.05, 0.1) is 17.1 Å². The topological polar surface area (TPSA) is 75.7 Å². The van der Waals surface area contributed by atoms with Crippen molar-refractivity contribution in [2.45, 2.75) is 31.0 Å². The number of rotatable bonds is 4. The highest BCUT2D eigenvalue weighted by Gasteiger charge is 2.32. The molecule has 1 aliphatic heterocycles. The molecule has 1 fully saturated rings. The van der Waals surface area contributed by atoms with Crippen molar-refractivity contribution in [3.05, 3.63) is 24.3 Å². The van der Waals surface area contributed by atoms with E-state index in [1.807, 2.05) is 13.8 Å². The van der Waals surface area contributed by atoms with Gasteiger partial charge in [-0.05, 0) is 38.1 Å². The molecule has 0 spiro atoms. The summed E-state index contributed by atoms with van der Waals surface area (Å²) in [5.74, 6) is -0.489. The van der Waals surface area contributed by atoms with Crippen LogP contribution in [0.2, 0.25) is 0 Å². The maximum Gasteiger partial charge on any atom is 0.243 e. The van der Waals surface area contributed by atoms with Crippen LogP contribution in [-0.2, 0) is 19.6 Å². The molecule has 2 rings (SSSR count). The minimum atomic E-state index is -3.56. The van der Waals surface area contributed by atoms with Crippen LogP contribution >= 0.6 is 11.6 Å². The Morgan fingerprint density at radius 2 is 1.82 bits per heavy atom. The molecule has 1 amide bonds. The van der Waals surface area contributed by atoms with Crippen LogP contribution in [-0.4, -0.2) is 49.8 Å². The number of alkyl halides is 1. The average Bonchev–Trinajstić information content (AvgIpc) is 2.46. The fourth-order valence-corrected chi connectivity index (χ4v) is 4.04. The standard InChI is InChI=1S/C14H19ClN2O4S/c1-10-8-17(9-11(2)21-10)22(19,20)13-5-3-12(4-6-13)16-14(18)7-15/h3-6,10-11H,7-9H2,1-2H3,(H,16,18)/t10-,11-/m1/s1. The van der Waals surface area contributed by atoms with Gasteiger partial charge >= 0.3 is 0 Å². The summed E-state index contributed by atoms with van der Waals surface area (Å²) in [5.41, 5.74) is 0.508. The highest BCUT2D eigenvalue weighted by Crippen LogP contribution is 2.22. The number of carbonyl (C=O) groups excluding carboxylic acids is 1. The van der Waals surface area contributed by atoms with Gasteiger partial charge < -0.3 is 10.1 Å². The fraction of sp³-hybridized carbons (Fsp3) is 0.500. The Balaban J connectivity index is 2.17. The van der Waals surface area contributed by atoms with Crippen molar-refractivity contribution >= 4 is 33.2 Å². The summed E-state index contributed by atoms with van der Waals surface area (Å²) in [6.45, 7) is 4.36. The maximum atomic E-state index is 12.6. The minimum Gasteiger partial charge on any atom is -0.373 e. The van der Waals surface area contributed by atoms with Gasteiger partial charge in [-0.15, -0.1) is 11.6 Å². The number of benzene rings is 1. The molecule has 0 saturated carbocycles. The van der Waals surface area contributed by atoms with Crippen LogP contribution in [0.3, 0.4) is 0 Å². The van der Waals surface area contributed by atoms with E-state index in [-0.39, 0.29) is 28.9 Å². The number of ether oxygens (including phenoxy) is 1. The Labute approximate surface area is 135 Å². The van der Waals surface area contributed by atoms with E-state index in [2.05, 4.69) is 5.32 Å². The second-order valence-electron chi connectivity index (χ2n) is 5.29. The molecule has 1 saturated heterocycles. The van der Waals surface area contributed by atoms with Crippen molar-refractivity contribution in [1.82, 2.24) is 4.31 Å². The zero-order valence-corrected chi connectivity index (χ0v) is 14.0. The fourth-order valence-electron chi connectivity index (χ4n) is 2.38. The van der Waals surface area contributed by atoms with E-state index in [9.17, 15) is 13.2 Å². The third-order valence-corrected chi connectivity index (χ3v) is 5.37. The third kappa shape index (κ3) is 3.98. The number of halogens is 1. The monoisotopic (exact) mass is 346 g/mol. The van der Waals surface area contributed by atoms with Gasteiger partial charge in [-0.25, -0.2) is 8.42 Å². The van der Waals surface area contributed by atoms with Crippen molar-refractivity contribution in [1.29, 1.82) is 0 Å². The molecular weight excluding hydrogens is 328 g/mol. The summed E-state index contributed by atoms with van der Waals surface area (Å²) >= 11 is 5.41. The number of sulfonamides is 1. The second kappa shape index (κ2) is 6.95. The first kappa shape index (κ1) is 17.2. The van der Waals surface area contributed by atoms with Gasteiger partial charge in [0.1, 0.15) is 5.88 Å². The molecule has 6 nitrogen and oxygen atoms in total. The Morgan fingerprint density at radius 3 is 2.32 bits per heavy atom. The molecule has 1 aromatic carbocycles. The quantitative estimate of drug-likeness (QED) is 0.841. The van der Waals surface area contributed by atoms with Crippen molar-refractivity contribution in [3.8, 4) is 0 Å². The number of amides is 1. The lowest BCUT2D eigenvalue weighted by molar-refractivity contribution is -0.113. The van der Waals surface area contributed by atoms with Crippen LogP contribution in [0.5, 0.6) is 0 Å². The first-order valence-electron chi connectivity index (χ1n) is 6.94. The van der Waals surface area contributed by atoms with Gasteiger partial charge in [0.25, 0.3) is 0 Å². The van der Waals surface area contributed by atoms with Crippen LogP contribution in [0.4, 0.5) is 5.69 Å². The molecule has 0 radical (unpaired) electrons. The van der Waals surface area contributed by atoms with Crippen LogP contribution < -0.4 is 5.32 Å². The minimum absolute atomic E-state index is 0.138. The molecule has 0 unspecified atom stereocenters. The van der Waals surface area contributed by atoms with Gasteiger partial charge in [0.2, 0.25) is 15.9 Å². The highest BCUT2D eigenvalue weighted by molar-refractivity contribution is 7.89. The van der Waals surface area contributed by atoms with Crippen LogP contribution in [0.1, 0.15) is 13.8 Å². The van der Waals surface area contributed by atoms with Crippen LogP contribution in [0.15, 0.2) is 29.2 Å². The largest absolute Gasteiger partial charge is 0.373 e. The van der Waals surface area contributed by atoms with Gasteiger partial charge in [0, 0.05) is 18.8 Å².